The van der Waals surface area contributed by atoms with E-state index >= 15 is 0 Å². The number of benzene rings is 2. The van der Waals surface area contributed by atoms with Crippen molar-refractivity contribution in [2.75, 3.05) is 13.7 Å². The normalized spacial score (nSPS) is 18.4. The van der Waals surface area contributed by atoms with E-state index in [1.165, 1.54) is 29.6 Å². The summed E-state index contributed by atoms with van der Waals surface area (Å²) in [5, 5.41) is 2.47. The average molecular weight is 602 g/mol. The van der Waals surface area contributed by atoms with E-state index in [4.69, 9.17) is 9.16 Å². The van der Waals surface area contributed by atoms with Crippen LogP contribution in [-0.2, 0) is 14.0 Å². The summed E-state index contributed by atoms with van der Waals surface area (Å²) in [6.07, 6.45) is 5.46. The van der Waals surface area contributed by atoms with Crippen LogP contribution in [0, 0.1) is 35.5 Å². The van der Waals surface area contributed by atoms with Crippen LogP contribution in [-0.4, -0.2) is 39.3 Å². The van der Waals surface area contributed by atoms with Crippen LogP contribution in [0.4, 0.5) is 0 Å². The lowest BCUT2D eigenvalue weighted by Crippen LogP contribution is -2.66. The summed E-state index contributed by atoms with van der Waals surface area (Å²) in [6.45, 7) is 17.8. The van der Waals surface area contributed by atoms with Crippen molar-refractivity contribution in [1.29, 1.82) is 0 Å². The summed E-state index contributed by atoms with van der Waals surface area (Å²) in [6, 6.07) is 21.5. The van der Waals surface area contributed by atoms with Crippen LogP contribution in [0.2, 0.25) is 5.04 Å². The number of aliphatic imine (C=N–C) groups is 1. The smallest absolute Gasteiger partial charge is 0.307 e. The molecular weight excluding hydrogens is 547 g/mol. The molecule has 1 atom stereocenters. The highest BCUT2D eigenvalue weighted by Gasteiger charge is 2.50. The highest BCUT2D eigenvalue weighted by atomic mass is 28.4. The molecule has 0 bridgehead atoms. The van der Waals surface area contributed by atoms with Gasteiger partial charge in [0.25, 0.3) is 8.32 Å². The Kier molecular flexibility index (Phi) is 12.4. The second-order valence-electron chi connectivity index (χ2n) is 14.7. The predicted molar refractivity (Wildman–Crippen MR) is 184 cm³/mol. The molecule has 0 radical (unpaired) electrons. The van der Waals surface area contributed by atoms with E-state index in [-0.39, 0.29) is 23.3 Å². The van der Waals surface area contributed by atoms with E-state index in [9.17, 15) is 4.79 Å². The van der Waals surface area contributed by atoms with Gasteiger partial charge in [-0.25, -0.2) is 0 Å². The Hall–Kier alpha value is -2.68. The van der Waals surface area contributed by atoms with Gasteiger partial charge in [0, 0.05) is 25.5 Å². The molecule has 3 rings (SSSR count). The molecule has 234 valence electrons. The number of carbonyl (C=O) groups is 1. The van der Waals surface area contributed by atoms with E-state index in [1.54, 1.807) is 7.05 Å². The van der Waals surface area contributed by atoms with Crippen molar-refractivity contribution in [2.45, 2.75) is 105 Å². The van der Waals surface area contributed by atoms with Gasteiger partial charge in [-0.2, -0.15) is 0 Å². The molecule has 0 saturated heterocycles. The van der Waals surface area contributed by atoms with Crippen molar-refractivity contribution in [1.82, 2.24) is 0 Å². The van der Waals surface area contributed by atoms with Crippen LogP contribution in [0.15, 0.2) is 65.7 Å². The highest BCUT2D eigenvalue weighted by Crippen LogP contribution is 2.38. The van der Waals surface area contributed by atoms with Gasteiger partial charge in [-0.15, -0.1) is 0 Å². The molecule has 0 aliphatic heterocycles. The fourth-order valence-electron chi connectivity index (χ4n) is 6.47. The molecule has 0 N–H and O–H groups in total. The molecule has 2 aromatic carbocycles. The van der Waals surface area contributed by atoms with Gasteiger partial charge in [0.2, 0.25) is 0 Å². The number of esters is 1. The molecule has 4 nitrogen and oxygen atoms in total. The summed E-state index contributed by atoms with van der Waals surface area (Å²) in [4.78, 5) is 17.6. The molecule has 1 saturated carbocycles. The number of ether oxygens (including phenoxy) is 1. The Morgan fingerprint density at radius 3 is 1.98 bits per heavy atom. The standard InChI is InChI=1S/C38H55NO3Si/c1-29(2)25-31-26-30(27-31)22-23-35(39-9)32(28-36(40)42-37(3,4)5)17-16-24-41-43(38(6,7)8,33-18-12-10-13-19-33)34-20-14-11-15-21-34/h10-15,18-21,29-32H,16-17,24-28H2,1-9H3/b39-35+/t30-,31+,32-/m0/s1. The lowest BCUT2D eigenvalue weighted by atomic mass is 9.71. The monoisotopic (exact) mass is 601 g/mol. The van der Waals surface area contributed by atoms with E-state index in [2.05, 4.69) is 112 Å². The first-order valence-electron chi connectivity index (χ1n) is 16.2. The third kappa shape index (κ3) is 9.91. The number of nitrogens with zero attached hydrogens (tertiary/aromatic N) is 1. The molecule has 5 heteroatoms. The first kappa shape index (κ1) is 34.8. The van der Waals surface area contributed by atoms with Gasteiger partial charge < -0.3 is 9.16 Å². The molecule has 43 heavy (non-hydrogen) atoms. The second kappa shape index (κ2) is 15.4. The Labute approximate surface area is 263 Å². The molecule has 1 aliphatic rings. The van der Waals surface area contributed by atoms with E-state index in [0.717, 1.165) is 30.4 Å². The predicted octanol–water partition coefficient (Wildman–Crippen LogP) is 7.84. The minimum atomic E-state index is -2.62. The highest BCUT2D eigenvalue weighted by molar-refractivity contribution is 6.99. The lowest BCUT2D eigenvalue weighted by Gasteiger charge is -2.43. The van der Waals surface area contributed by atoms with Gasteiger partial charge >= 0.3 is 5.97 Å². The van der Waals surface area contributed by atoms with Crippen molar-refractivity contribution in [3.63, 3.8) is 0 Å². The SMILES string of the molecule is C/N=C(\C#C[C@H]1C[C@@H](CC(C)C)C1)[C@@H](CCCO[Si](c1ccccc1)(c1ccccc1)C(C)(C)C)CC(=O)OC(C)(C)C. The van der Waals surface area contributed by atoms with Crippen LogP contribution in [0.25, 0.3) is 0 Å². The zero-order valence-electron chi connectivity index (χ0n) is 28.2. The van der Waals surface area contributed by atoms with Gasteiger partial charge in [-0.05, 0) is 80.1 Å². The molecule has 1 fully saturated rings. The van der Waals surface area contributed by atoms with Crippen LogP contribution in [0.1, 0.15) is 93.9 Å². The molecule has 1 aliphatic carbocycles. The van der Waals surface area contributed by atoms with Crippen molar-refractivity contribution < 1.29 is 14.0 Å². The fraction of sp³-hybridized carbons (Fsp3) is 0.579. The van der Waals surface area contributed by atoms with E-state index < -0.39 is 13.9 Å². The first-order chi connectivity index (χ1) is 20.2. The molecule has 0 aromatic heterocycles. The quantitative estimate of drug-likeness (QED) is 0.0819. The molecular formula is C38H55NO3Si. The third-order valence-electron chi connectivity index (χ3n) is 8.34. The second-order valence-corrected chi connectivity index (χ2v) is 19.0. The summed E-state index contributed by atoms with van der Waals surface area (Å²) in [5.74, 6) is 8.56. The summed E-state index contributed by atoms with van der Waals surface area (Å²) in [7, 11) is -0.817. The minimum absolute atomic E-state index is 0.0800. The Morgan fingerprint density at radius 1 is 0.953 bits per heavy atom. The third-order valence-corrected chi connectivity index (χ3v) is 13.4. The van der Waals surface area contributed by atoms with E-state index in [0.29, 0.717) is 12.5 Å². The topological polar surface area (TPSA) is 47.9 Å². The zero-order valence-corrected chi connectivity index (χ0v) is 29.2. The van der Waals surface area contributed by atoms with Crippen molar-refractivity contribution in [3.8, 4) is 11.8 Å². The molecule has 0 heterocycles. The number of hydrogen-bond acceptors (Lipinski definition) is 4. The summed E-state index contributed by atoms with van der Waals surface area (Å²) < 4.78 is 12.9. The van der Waals surface area contributed by atoms with Gasteiger partial charge in [0.05, 0.1) is 12.1 Å². The number of hydrogen-bond donors (Lipinski definition) is 0. The minimum Gasteiger partial charge on any atom is -0.460 e. The van der Waals surface area contributed by atoms with Gasteiger partial charge in [0.1, 0.15) is 5.60 Å². The van der Waals surface area contributed by atoms with Crippen molar-refractivity contribution in [2.24, 2.45) is 28.7 Å². The maximum Gasteiger partial charge on any atom is 0.307 e. The largest absolute Gasteiger partial charge is 0.460 e. The molecule has 0 amide bonds. The Balaban J connectivity index is 1.79. The van der Waals surface area contributed by atoms with E-state index in [1.807, 2.05) is 20.8 Å². The molecule has 0 spiro atoms. The summed E-state index contributed by atoms with van der Waals surface area (Å²) in [5.41, 5.74) is 0.282. The zero-order chi connectivity index (χ0) is 31.7. The number of rotatable bonds is 12. The summed E-state index contributed by atoms with van der Waals surface area (Å²) >= 11 is 0. The van der Waals surface area contributed by atoms with Crippen LogP contribution < -0.4 is 10.4 Å². The maximum atomic E-state index is 13.0. The molecule has 2 aromatic rings. The van der Waals surface area contributed by atoms with Crippen molar-refractivity contribution in [3.05, 3.63) is 60.7 Å². The first-order valence-corrected chi connectivity index (χ1v) is 18.1. The van der Waals surface area contributed by atoms with Gasteiger partial charge in [-0.3, -0.25) is 9.79 Å². The van der Waals surface area contributed by atoms with Crippen LogP contribution in [0.5, 0.6) is 0 Å². The lowest BCUT2D eigenvalue weighted by molar-refractivity contribution is -0.155. The van der Waals surface area contributed by atoms with Gasteiger partial charge in [-0.1, -0.05) is 107 Å². The Bertz CT molecular complexity index is 1200. The van der Waals surface area contributed by atoms with Gasteiger partial charge in [0.15, 0.2) is 0 Å². The maximum absolute atomic E-state index is 13.0. The van der Waals surface area contributed by atoms with Crippen LogP contribution in [0.3, 0.4) is 0 Å². The Morgan fingerprint density at radius 2 is 1.51 bits per heavy atom. The average Bonchev–Trinajstić information content (AvgIpc) is 2.90. The molecule has 0 unspecified atom stereocenters. The number of carbonyl (C=O) groups excluding carboxylic acids is 1. The van der Waals surface area contributed by atoms with Crippen LogP contribution >= 0.6 is 0 Å². The van der Waals surface area contributed by atoms with Crippen molar-refractivity contribution >= 4 is 30.4 Å². The fourth-order valence-corrected chi connectivity index (χ4v) is 11.1.